The molecule has 100 valence electrons. The quantitative estimate of drug-likeness (QED) is 0.795. The van der Waals surface area contributed by atoms with Gasteiger partial charge in [-0.25, -0.2) is 13.2 Å². The molecule has 0 saturated heterocycles. The van der Waals surface area contributed by atoms with Gasteiger partial charge in [-0.15, -0.1) is 0 Å². The van der Waals surface area contributed by atoms with E-state index in [0.29, 0.717) is 0 Å². The van der Waals surface area contributed by atoms with Crippen molar-refractivity contribution in [1.82, 2.24) is 0 Å². The maximum Gasteiger partial charge on any atom is 0.147 e. The van der Waals surface area contributed by atoms with E-state index >= 15 is 0 Å². The van der Waals surface area contributed by atoms with Crippen molar-refractivity contribution < 1.29 is 13.2 Å². The fraction of sp³-hybridized carbons (Fsp3) is 0.0769. The molecule has 0 unspecified atom stereocenters. The number of anilines is 3. The molecule has 0 bridgehead atoms. The second kappa shape index (κ2) is 5.13. The first-order valence-electron chi connectivity index (χ1n) is 5.35. The van der Waals surface area contributed by atoms with E-state index in [2.05, 4.69) is 21.2 Å². The summed E-state index contributed by atoms with van der Waals surface area (Å²) in [6.07, 6.45) is 0. The molecule has 3 N–H and O–H groups in total. The molecular formula is C13H10BrF3N2. The Bertz CT molecular complexity index is 589. The molecule has 2 rings (SSSR count). The third kappa shape index (κ3) is 2.84. The Morgan fingerprint density at radius 3 is 2.32 bits per heavy atom. The van der Waals surface area contributed by atoms with Crippen LogP contribution >= 0.6 is 15.9 Å². The summed E-state index contributed by atoms with van der Waals surface area (Å²) in [6, 6.07) is 4.56. The topological polar surface area (TPSA) is 38.0 Å². The molecule has 0 amide bonds. The zero-order chi connectivity index (χ0) is 14.2. The SMILES string of the molecule is Cc1cc(F)c(Nc2cc(Br)c(F)cc2N)cc1F. The Hall–Kier alpha value is -1.69. The number of aryl methyl sites for hydroxylation is 1. The van der Waals surface area contributed by atoms with Crippen molar-refractivity contribution in [3.8, 4) is 0 Å². The molecule has 2 aromatic rings. The van der Waals surface area contributed by atoms with Crippen molar-refractivity contribution in [3.63, 3.8) is 0 Å². The van der Waals surface area contributed by atoms with E-state index in [-0.39, 0.29) is 27.1 Å². The highest BCUT2D eigenvalue weighted by Gasteiger charge is 2.11. The van der Waals surface area contributed by atoms with Gasteiger partial charge in [0.05, 0.1) is 21.5 Å². The summed E-state index contributed by atoms with van der Waals surface area (Å²) in [5.74, 6) is -1.68. The van der Waals surface area contributed by atoms with Gasteiger partial charge in [0.25, 0.3) is 0 Å². The average molecular weight is 331 g/mol. The van der Waals surface area contributed by atoms with Crippen LogP contribution in [-0.4, -0.2) is 0 Å². The molecule has 0 aromatic heterocycles. The number of hydrogen-bond acceptors (Lipinski definition) is 2. The average Bonchev–Trinajstić information content (AvgIpc) is 2.32. The molecule has 6 heteroatoms. The summed E-state index contributed by atoms with van der Waals surface area (Å²) in [4.78, 5) is 0. The van der Waals surface area contributed by atoms with Gasteiger partial charge in [0.2, 0.25) is 0 Å². The molecule has 0 radical (unpaired) electrons. The maximum absolute atomic E-state index is 13.7. The molecule has 0 spiro atoms. The lowest BCUT2D eigenvalue weighted by molar-refractivity contribution is 0.595. The Morgan fingerprint density at radius 2 is 1.63 bits per heavy atom. The molecule has 0 aliphatic carbocycles. The minimum Gasteiger partial charge on any atom is -0.397 e. The van der Waals surface area contributed by atoms with Crippen molar-refractivity contribution in [3.05, 3.63) is 51.8 Å². The van der Waals surface area contributed by atoms with Gasteiger partial charge in [-0.05, 0) is 40.5 Å². The zero-order valence-corrected chi connectivity index (χ0v) is 11.5. The molecular weight excluding hydrogens is 321 g/mol. The minimum atomic E-state index is -0.612. The van der Waals surface area contributed by atoms with Crippen LogP contribution in [0.25, 0.3) is 0 Å². The smallest absolute Gasteiger partial charge is 0.147 e. The molecule has 0 atom stereocenters. The summed E-state index contributed by atoms with van der Waals surface area (Å²) < 4.78 is 40.5. The second-order valence-electron chi connectivity index (χ2n) is 4.06. The molecule has 0 saturated carbocycles. The van der Waals surface area contributed by atoms with E-state index in [1.165, 1.54) is 13.0 Å². The first-order chi connectivity index (χ1) is 8.88. The van der Waals surface area contributed by atoms with Gasteiger partial charge in [-0.3, -0.25) is 0 Å². The fourth-order valence-electron chi connectivity index (χ4n) is 1.56. The molecule has 19 heavy (non-hydrogen) atoms. The third-order valence-electron chi connectivity index (χ3n) is 2.61. The lowest BCUT2D eigenvalue weighted by Gasteiger charge is -2.12. The van der Waals surface area contributed by atoms with Crippen LogP contribution in [0, 0.1) is 24.4 Å². The van der Waals surface area contributed by atoms with E-state index in [1.54, 1.807) is 0 Å². The predicted molar refractivity (Wildman–Crippen MR) is 72.9 cm³/mol. The van der Waals surface area contributed by atoms with Gasteiger partial charge in [-0.1, -0.05) is 0 Å². The summed E-state index contributed by atoms with van der Waals surface area (Å²) in [5.41, 5.74) is 6.15. The van der Waals surface area contributed by atoms with E-state index in [9.17, 15) is 13.2 Å². The van der Waals surface area contributed by atoms with Gasteiger partial charge in [0.1, 0.15) is 17.5 Å². The van der Waals surface area contributed by atoms with Gasteiger partial charge in [0, 0.05) is 12.1 Å². The van der Waals surface area contributed by atoms with Crippen LogP contribution in [0.5, 0.6) is 0 Å². The Kier molecular flexibility index (Phi) is 3.71. The van der Waals surface area contributed by atoms with Crippen molar-refractivity contribution >= 4 is 33.0 Å². The van der Waals surface area contributed by atoms with Crippen LogP contribution in [0.15, 0.2) is 28.7 Å². The van der Waals surface area contributed by atoms with Gasteiger partial charge >= 0.3 is 0 Å². The number of nitrogens with two attached hydrogens (primary N) is 1. The van der Waals surface area contributed by atoms with Crippen LogP contribution < -0.4 is 11.1 Å². The van der Waals surface area contributed by atoms with Crippen molar-refractivity contribution in [2.45, 2.75) is 6.92 Å². The molecule has 2 aromatic carbocycles. The van der Waals surface area contributed by atoms with Crippen LogP contribution in [0.1, 0.15) is 5.56 Å². The fourth-order valence-corrected chi connectivity index (χ4v) is 1.90. The lowest BCUT2D eigenvalue weighted by Crippen LogP contribution is -2.00. The maximum atomic E-state index is 13.7. The highest BCUT2D eigenvalue weighted by molar-refractivity contribution is 9.10. The Morgan fingerprint density at radius 1 is 0.947 bits per heavy atom. The van der Waals surface area contributed by atoms with Crippen LogP contribution in [0.4, 0.5) is 30.2 Å². The molecule has 0 aliphatic rings. The highest BCUT2D eigenvalue weighted by atomic mass is 79.9. The minimum absolute atomic E-state index is 0.0618. The monoisotopic (exact) mass is 330 g/mol. The van der Waals surface area contributed by atoms with Gasteiger partial charge in [0.15, 0.2) is 0 Å². The van der Waals surface area contributed by atoms with Crippen molar-refractivity contribution in [2.24, 2.45) is 0 Å². The standard InChI is InChI=1S/C13H10BrF3N2/c1-6-2-10(17)12(5-8(6)15)19-13-3-7(14)9(16)4-11(13)18/h2-5,19H,18H2,1H3. The van der Waals surface area contributed by atoms with Crippen LogP contribution in [-0.2, 0) is 0 Å². The Balaban J connectivity index is 2.42. The Labute approximate surface area is 116 Å². The summed E-state index contributed by atoms with van der Waals surface area (Å²) in [6.45, 7) is 1.46. The third-order valence-corrected chi connectivity index (χ3v) is 3.22. The largest absolute Gasteiger partial charge is 0.397 e. The van der Waals surface area contributed by atoms with E-state index in [0.717, 1.165) is 18.2 Å². The predicted octanol–water partition coefficient (Wildman–Crippen LogP) is 4.50. The van der Waals surface area contributed by atoms with Gasteiger partial charge < -0.3 is 11.1 Å². The number of nitrogen functional groups attached to an aromatic ring is 1. The summed E-state index contributed by atoms with van der Waals surface area (Å²) in [5, 5.41) is 2.64. The van der Waals surface area contributed by atoms with Crippen LogP contribution in [0.3, 0.4) is 0 Å². The first-order valence-corrected chi connectivity index (χ1v) is 6.15. The number of halogens is 4. The van der Waals surface area contributed by atoms with Crippen molar-refractivity contribution in [1.29, 1.82) is 0 Å². The first kappa shape index (κ1) is 13.7. The van der Waals surface area contributed by atoms with E-state index in [1.807, 2.05) is 0 Å². The van der Waals surface area contributed by atoms with E-state index in [4.69, 9.17) is 5.73 Å². The normalized spacial score (nSPS) is 10.6. The van der Waals surface area contributed by atoms with Gasteiger partial charge in [-0.2, -0.15) is 0 Å². The second-order valence-corrected chi connectivity index (χ2v) is 4.91. The number of nitrogens with one attached hydrogen (secondary N) is 1. The van der Waals surface area contributed by atoms with Crippen molar-refractivity contribution in [2.75, 3.05) is 11.1 Å². The molecule has 2 nitrogen and oxygen atoms in total. The highest BCUT2D eigenvalue weighted by Crippen LogP contribution is 2.30. The number of hydrogen-bond donors (Lipinski definition) is 2. The number of benzene rings is 2. The summed E-state index contributed by atoms with van der Waals surface area (Å²) in [7, 11) is 0. The summed E-state index contributed by atoms with van der Waals surface area (Å²) >= 11 is 3.00. The number of rotatable bonds is 2. The molecule has 0 heterocycles. The lowest BCUT2D eigenvalue weighted by atomic mass is 10.2. The molecule has 0 fully saturated rings. The van der Waals surface area contributed by atoms with Crippen LogP contribution in [0.2, 0.25) is 0 Å². The zero-order valence-electron chi connectivity index (χ0n) is 9.90. The van der Waals surface area contributed by atoms with E-state index < -0.39 is 17.5 Å². The molecule has 0 aliphatic heterocycles.